The molecule has 0 saturated carbocycles. The van der Waals surface area contributed by atoms with E-state index in [-0.39, 0.29) is 36.6 Å². The van der Waals surface area contributed by atoms with Crippen LogP contribution in [-0.2, 0) is 22.6 Å². The summed E-state index contributed by atoms with van der Waals surface area (Å²) in [4.78, 5) is 27.8. The van der Waals surface area contributed by atoms with Crippen molar-refractivity contribution in [2.24, 2.45) is 0 Å². The van der Waals surface area contributed by atoms with Crippen molar-refractivity contribution in [3.63, 3.8) is 0 Å². The van der Waals surface area contributed by atoms with Crippen LogP contribution in [0.3, 0.4) is 0 Å². The van der Waals surface area contributed by atoms with E-state index in [0.29, 0.717) is 6.42 Å². The molecule has 156 valence electrons. The topological polar surface area (TPSA) is 49.4 Å². The number of carbonyl (C=O) groups excluding carboxylic acids is 2. The number of hydrogen-bond acceptors (Lipinski definition) is 2. The maximum Gasteiger partial charge on any atom is 0.243 e. The smallest absolute Gasteiger partial charge is 0.243 e. The molecule has 0 aliphatic heterocycles. The average molecular weight is 399 g/mol. The van der Waals surface area contributed by atoms with E-state index in [9.17, 15) is 14.0 Å². The predicted octanol–water partition coefficient (Wildman–Crippen LogP) is 4.40. The fraction of sp³-hybridized carbons (Fsp3) is 0.417. The second kappa shape index (κ2) is 10.7. The summed E-state index contributed by atoms with van der Waals surface area (Å²) in [5, 5.41) is 2.99. The van der Waals surface area contributed by atoms with E-state index in [4.69, 9.17) is 0 Å². The van der Waals surface area contributed by atoms with Crippen LogP contribution in [0, 0.1) is 12.7 Å². The number of nitrogens with one attached hydrogen (secondary N) is 1. The highest BCUT2D eigenvalue weighted by molar-refractivity contribution is 5.88. The van der Waals surface area contributed by atoms with Crippen LogP contribution in [0.4, 0.5) is 4.39 Å². The number of aryl methyl sites for hydroxylation is 1. The SMILES string of the molecule is CC[C@H](C)NC(=O)[C@H](CC)N(Cc1ccc(F)cc1)C(=O)Cc1ccccc1C. The van der Waals surface area contributed by atoms with Crippen molar-refractivity contribution in [3.05, 3.63) is 71.0 Å². The monoisotopic (exact) mass is 398 g/mol. The third kappa shape index (κ3) is 6.41. The number of benzene rings is 2. The Morgan fingerprint density at radius 3 is 2.28 bits per heavy atom. The summed E-state index contributed by atoms with van der Waals surface area (Å²) in [7, 11) is 0. The molecule has 2 amide bonds. The molecule has 29 heavy (non-hydrogen) atoms. The summed E-state index contributed by atoms with van der Waals surface area (Å²) >= 11 is 0. The summed E-state index contributed by atoms with van der Waals surface area (Å²) in [5.41, 5.74) is 2.78. The Hall–Kier alpha value is -2.69. The molecule has 0 fully saturated rings. The zero-order valence-electron chi connectivity index (χ0n) is 17.7. The standard InChI is InChI=1S/C24H31FN2O2/c1-5-18(4)26-24(29)22(6-2)27(16-19-11-13-21(25)14-12-19)23(28)15-20-10-8-7-9-17(20)3/h7-14,18,22H,5-6,15-16H2,1-4H3,(H,26,29)/t18-,22-/m0/s1. The third-order valence-electron chi connectivity index (χ3n) is 5.26. The normalized spacial score (nSPS) is 12.9. The van der Waals surface area contributed by atoms with Gasteiger partial charge in [0.25, 0.3) is 0 Å². The molecule has 1 N–H and O–H groups in total. The Morgan fingerprint density at radius 2 is 1.69 bits per heavy atom. The Kier molecular flexibility index (Phi) is 8.37. The minimum Gasteiger partial charge on any atom is -0.352 e. The number of rotatable bonds is 9. The largest absolute Gasteiger partial charge is 0.352 e. The lowest BCUT2D eigenvalue weighted by Gasteiger charge is -2.31. The Balaban J connectivity index is 2.29. The molecule has 0 bridgehead atoms. The van der Waals surface area contributed by atoms with Crippen LogP contribution in [0.2, 0.25) is 0 Å². The van der Waals surface area contributed by atoms with Crippen molar-refractivity contribution in [3.8, 4) is 0 Å². The van der Waals surface area contributed by atoms with Crippen LogP contribution in [0.5, 0.6) is 0 Å². The van der Waals surface area contributed by atoms with E-state index in [2.05, 4.69) is 5.32 Å². The van der Waals surface area contributed by atoms with Crippen LogP contribution in [0.15, 0.2) is 48.5 Å². The highest BCUT2D eigenvalue weighted by Gasteiger charge is 2.29. The number of nitrogens with zero attached hydrogens (tertiary/aromatic N) is 1. The van der Waals surface area contributed by atoms with Gasteiger partial charge in [0, 0.05) is 12.6 Å². The fourth-order valence-electron chi connectivity index (χ4n) is 3.22. The van der Waals surface area contributed by atoms with Crippen molar-refractivity contribution in [1.29, 1.82) is 0 Å². The summed E-state index contributed by atoms with van der Waals surface area (Å²) in [5.74, 6) is -0.593. The maximum absolute atomic E-state index is 13.3. The lowest BCUT2D eigenvalue weighted by molar-refractivity contribution is -0.141. The van der Waals surface area contributed by atoms with Crippen LogP contribution in [0.1, 0.15) is 50.3 Å². The number of carbonyl (C=O) groups is 2. The summed E-state index contributed by atoms with van der Waals surface area (Å²) in [6.07, 6.45) is 1.54. The molecule has 0 aromatic heterocycles. The number of halogens is 1. The fourth-order valence-corrected chi connectivity index (χ4v) is 3.22. The predicted molar refractivity (Wildman–Crippen MR) is 114 cm³/mol. The average Bonchev–Trinajstić information content (AvgIpc) is 2.70. The van der Waals surface area contributed by atoms with Crippen molar-refractivity contribution >= 4 is 11.8 Å². The first-order valence-corrected chi connectivity index (χ1v) is 10.2. The molecule has 0 saturated heterocycles. The van der Waals surface area contributed by atoms with Crippen LogP contribution in [-0.4, -0.2) is 28.8 Å². The zero-order chi connectivity index (χ0) is 21.4. The summed E-state index contributed by atoms with van der Waals surface area (Å²) in [6.45, 7) is 8.09. The maximum atomic E-state index is 13.3. The Morgan fingerprint density at radius 1 is 1.03 bits per heavy atom. The van der Waals surface area contributed by atoms with Gasteiger partial charge in [0.05, 0.1) is 6.42 Å². The number of hydrogen-bond donors (Lipinski definition) is 1. The quantitative estimate of drug-likeness (QED) is 0.681. The molecule has 2 atom stereocenters. The molecule has 2 aromatic rings. The van der Waals surface area contributed by atoms with Crippen LogP contribution in [0.25, 0.3) is 0 Å². The molecule has 0 spiro atoms. The van der Waals surface area contributed by atoms with Gasteiger partial charge in [0.15, 0.2) is 0 Å². The van der Waals surface area contributed by atoms with Gasteiger partial charge in [-0.25, -0.2) is 4.39 Å². The highest BCUT2D eigenvalue weighted by Crippen LogP contribution is 2.17. The minimum atomic E-state index is -0.578. The van der Waals surface area contributed by atoms with E-state index in [1.54, 1.807) is 17.0 Å². The van der Waals surface area contributed by atoms with E-state index in [0.717, 1.165) is 23.1 Å². The van der Waals surface area contributed by atoms with E-state index in [1.807, 2.05) is 52.0 Å². The second-order valence-electron chi connectivity index (χ2n) is 7.49. The van der Waals surface area contributed by atoms with E-state index >= 15 is 0 Å². The molecule has 5 heteroatoms. The van der Waals surface area contributed by atoms with Gasteiger partial charge in [-0.05, 0) is 55.5 Å². The van der Waals surface area contributed by atoms with Crippen LogP contribution < -0.4 is 5.32 Å². The molecule has 2 rings (SSSR count). The first-order chi connectivity index (χ1) is 13.8. The lowest BCUT2D eigenvalue weighted by Crippen LogP contribution is -2.51. The molecule has 2 aromatic carbocycles. The highest BCUT2D eigenvalue weighted by atomic mass is 19.1. The van der Waals surface area contributed by atoms with Crippen LogP contribution >= 0.6 is 0 Å². The molecule has 4 nitrogen and oxygen atoms in total. The van der Waals surface area contributed by atoms with Gasteiger partial charge in [-0.1, -0.05) is 50.2 Å². The van der Waals surface area contributed by atoms with Crippen molar-refractivity contribution in [1.82, 2.24) is 10.2 Å². The molecule has 0 aliphatic carbocycles. The summed E-state index contributed by atoms with van der Waals surface area (Å²) in [6, 6.07) is 13.3. The van der Waals surface area contributed by atoms with E-state index in [1.165, 1.54) is 12.1 Å². The van der Waals surface area contributed by atoms with Gasteiger partial charge in [-0.2, -0.15) is 0 Å². The third-order valence-corrected chi connectivity index (χ3v) is 5.26. The van der Waals surface area contributed by atoms with Crippen molar-refractivity contribution < 1.29 is 14.0 Å². The second-order valence-corrected chi connectivity index (χ2v) is 7.49. The van der Waals surface area contributed by atoms with Gasteiger partial charge in [-0.15, -0.1) is 0 Å². The minimum absolute atomic E-state index is 0.0377. The molecule has 0 radical (unpaired) electrons. The van der Waals surface area contributed by atoms with Crippen molar-refractivity contribution in [2.75, 3.05) is 0 Å². The van der Waals surface area contributed by atoms with Crippen molar-refractivity contribution in [2.45, 2.75) is 65.6 Å². The lowest BCUT2D eigenvalue weighted by atomic mass is 10.0. The van der Waals surface area contributed by atoms with Gasteiger partial charge in [-0.3, -0.25) is 9.59 Å². The van der Waals surface area contributed by atoms with Gasteiger partial charge in [0.2, 0.25) is 11.8 Å². The first-order valence-electron chi connectivity index (χ1n) is 10.2. The first kappa shape index (κ1) is 22.6. The molecule has 0 aliphatic rings. The van der Waals surface area contributed by atoms with E-state index < -0.39 is 6.04 Å². The van der Waals surface area contributed by atoms with Gasteiger partial charge < -0.3 is 10.2 Å². The Bertz CT molecular complexity index is 820. The molecule has 0 heterocycles. The summed E-state index contributed by atoms with van der Waals surface area (Å²) < 4.78 is 13.3. The van der Waals surface area contributed by atoms with Gasteiger partial charge in [0.1, 0.15) is 11.9 Å². The molecule has 0 unspecified atom stereocenters. The number of amides is 2. The Labute approximate surface area is 173 Å². The van der Waals surface area contributed by atoms with Gasteiger partial charge >= 0.3 is 0 Å². The molecular weight excluding hydrogens is 367 g/mol. The zero-order valence-corrected chi connectivity index (χ0v) is 17.7. The molecular formula is C24H31FN2O2.